The van der Waals surface area contributed by atoms with Crippen molar-refractivity contribution in [1.29, 1.82) is 0 Å². The van der Waals surface area contributed by atoms with Crippen LogP contribution in [0.2, 0.25) is 0 Å². The number of rotatable bonds is 4. The van der Waals surface area contributed by atoms with Gasteiger partial charge in [0.2, 0.25) is 0 Å². The fourth-order valence-corrected chi connectivity index (χ4v) is 2.79. The minimum atomic E-state index is -4.21. The summed E-state index contributed by atoms with van der Waals surface area (Å²) in [6, 6.07) is 3.60. The number of sulfonamides is 1. The van der Waals surface area contributed by atoms with Gasteiger partial charge in [0, 0.05) is 0 Å². The predicted molar refractivity (Wildman–Crippen MR) is 70.5 cm³/mol. The lowest BCUT2D eigenvalue weighted by atomic mass is 10.3. The molecule has 20 heavy (non-hydrogen) atoms. The van der Waals surface area contributed by atoms with Gasteiger partial charge in [0.05, 0.1) is 16.4 Å². The third-order valence-corrected chi connectivity index (χ3v) is 4.27. The van der Waals surface area contributed by atoms with Gasteiger partial charge >= 0.3 is 5.97 Å². The maximum Gasteiger partial charge on any atom is 0.340 e. The molecule has 0 radical (unpaired) electrons. The molecule has 0 saturated carbocycles. The number of aromatic amines is 1. The number of hydrogen-bond acceptors (Lipinski definition) is 4. The Morgan fingerprint density at radius 3 is 2.75 bits per heavy atom. The number of halogens is 2. The molecule has 0 spiro atoms. The molecule has 0 aliphatic rings. The van der Waals surface area contributed by atoms with Gasteiger partial charge in [0.25, 0.3) is 10.0 Å². The average molecular weight is 364 g/mol. The summed E-state index contributed by atoms with van der Waals surface area (Å²) in [6.45, 7) is 0. The highest BCUT2D eigenvalue weighted by molar-refractivity contribution is 9.10. The quantitative estimate of drug-likeness (QED) is 0.766. The first kappa shape index (κ1) is 14.5. The van der Waals surface area contributed by atoms with Gasteiger partial charge in [-0.3, -0.25) is 9.82 Å². The van der Waals surface area contributed by atoms with E-state index in [1.165, 1.54) is 12.1 Å². The van der Waals surface area contributed by atoms with Crippen molar-refractivity contribution in [3.05, 3.63) is 40.2 Å². The van der Waals surface area contributed by atoms with Gasteiger partial charge < -0.3 is 5.11 Å². The molecule has 0 aliphatic heterocycles. The fraction of sp³-hybridized carbons (Fsp3) is 0. The zero-order chi connectivity index (χ0) is 14.9. The number of nitrogens with zero attached hydrogens (tertiary/aromatic N) is 1. The molecule has 2 rings (SSSR count). The molecule has 0 unspecified atom stereocenters. The van der Waals surface area contributed by atoms with E-state index in [4.69, 9.17) is 5.11 Å². The Morgan fingerprint density at radius 1 is 1.45 bits per heavy atom. The van der Waals surface area contributed by atoms with Crippen LogP contribution in [0.1, 0.15) is 10.4 Å². The number of aromatic nitrogens is 2. The first-order chi connectivity index (χ1) is 9.31. The van der Waals surface area contributed by atoms with Crippen LogP contribution >= 0.6 is 15.9 Å². The van der Waals surface area contributed by atoms with Gasteiger partial charge in [-0.1, -0.05) is 0 Å². The molecule has 0 atom stereocenters. The van der Waals surface area contributed by atoms with Crippen LogP contribution in [0.3, 0.4) is 0 Å². The Labute approximate surface area is 121 Å². The topological polar surface area (TPSA) is 112 Å². The van der Waals surface area contributed by atoms with Gasteiger partial charge in [0.15, 0.2) is 5.03 Å². The number of hydrogen-bond donors (Lipinski definition) is 3. The molecule has 0 bridgehead atoms. The molecule has 1 heterocycles. The maximum atomic E-state index is 13.3. The first-order valence-corrected chi connectivity index (χ1v) is 7.33. The zero-order valence-corrected chi connectivity index (χ0v) is 12.0. The van der Waals surface area contributed by atoms with Crippen molar-refractivity contribution in [1.82, 2.24) is 10.2 Å². The summed E-state index contributed by atoms with van der Waals surface area (Å²) in [5.74, 6) is -2.10. The second-order valence-electron chi connectivity index (χ2n) is 3.65. The molecule has 10 heteroatoms. The molecular formula is C10H7BrFN3O4S. The first-order valence-electron chi connectivity index (χ1n) is 5.06. The highest BCUT2D eigenvalue weighted by Crippen LogP contribution is 2.22. The third-order valence-electron chi connectivity index (χ3n) is 2.28. The van der Waals surface area contributed by atoms with Crippen molar-refractivity contribution < 1.29 is 22.7 Å². The van der Waals surface area contributed by atoms with E-state index in [0.717, 1.165) is 12.3 Å². The van der Waals surface area contributed by atoms with Gasteiger partial charge in [0.1, 0.15) is 11.4 Å². The molecule has 106 valence electrons. The highest BCUT2D eigenvalue weighted by atomic mass is 79.9. The Bertz CT molecular complexity index is 775. The minimum Gasteiger partial charge on any atom is -0.478 e. The van der Waals surface area contributed by atoms with E-state index in [-0.39, 0.29) is 10.2 Å². The normalized spacial score (nSPS) is 11.3. The van der Waals surface area contributed by atoms with Crippen LogP contribution in [0.25, 0.3) is 0 Å². The van der Waals surface area contributed by atoms with E-state index in [0.29, 0.717) is 0 Å². The fourth-order valence-electron chi connectivity index (χ4n) is 1.40. The number of nitrogens with one attached hydrogen (secondary N) is 2. The second kappa shape index (κ2) is 5.21. The van der Waals surface area contributed by atoms with Crippen LogP contribution < -0.4 is 4.72 Å². The Hall–Kier alpha value is -1.94. The summed E-state index contributed by atoms with van der Waals surface area (Å²) >= 11 is 2.93. The van der Waals surface area contributed by atoms with Crippen LogP contribution in [0.4, 0.5) is 10.1 Å². The van der Waals surface area contributed by atoms with Gasteiger partial charge in [-0.05, 0) is 34.1 Å². The van der Waals surface area contributed by atoms with E-state index in [1.807, 2.05) is 0 Å². The summed E-state index contributed by atoms with van der Waals surface area (Å²) in [5.41, 5.74) is -0.549. The smallest absolute Gasteiger partial charge is 0.340 e. The molecule has 0 fully saturated rings. The molecular weight excluding hydrogens is 357 g/mol. The van der Waals surface area contributed by atoms with E-state index in [2.05, 4.69) is 30.8 Å². The second-order valence-corrected chi connectivity index (χ2v) is 6.13. The number of carboxylic acids is 1. The molecule has 7 nitrogen and oxygen atoms in total. The van der Waals surface area contributed by atoms with Crippen molar-refractivity contribution in [2.75, 3.05) is 4.72 Å². The number of aromatic carboxylic acids is 1. The lowest BCUT2D eigenvalue weighted by Gasteiger charge is -2.07. The highest BCUT2D eigenvalue weighted by Gasteiger charge is 2.25. The molecule has 2 aromatic rings. The third kappa shape index (κ3) is 2.80. The van der Waals surface area contributed by atoms with E-state index in [1.54, 1.807) is 0 Å². The van der Waals surface area contributed by atoms with Crippen LogP contribution in [-0.4, -0.2) is 29.7 Å². The van der Waals surface area contributed by atoms with Gasteiger partial charge in [-0.25, -0.2) is 9.18 Å². The minimum absolute atomic E-state index is 0.0448. The van der Waals surface area contributed by atoms with E-state index in [9.17, 15) is 17.6 Å². The predicted octanol–water partition coefficient (Wildman–Crippen LogP) is 1.81. The van der Waals surface area contributed by atoms with Crippen LogP contribution in [0.5, 0.6) is 0 Å². The van der Waals surface area contributed by atoms with Crippen LogP contribution in [0.15, 0.2) is 33.9 Å². The lowest BCUT2D eigenvalue weighted by molar-refractivity contribution is 0.0692. The largest absolute Gasteiger partial charge is 0.478 e. The van der Waals surface area contributed by atoms with E-state index >= 15 is 0 Å². The number of H-pyrrole nitrogens is 1. The Morgan fingerprint density at radius 2 is 2.15 bits per heavy atom. The van der Waals surface area contributed by atoms with Crippen molar-refractivity contribution >= 4 is 37.6 Å². The number of anilines is 1. The summed E-state index contributed by atoms with van der Waals surface area (Å²) in [6.07, 6.45) is 0.874. The Balaban J connectivity index is 2.38. The average Bonchev–Trinajstić information content (AvgIpc) is 2.83. The molecule has 0 aliphatic carbocycles. The number of carboxylic acid groups (broad SMARTS) is 1. The monoisotopic (exact) mass is 363 g/mol. The summed E-state index contributed by atoms with van der Waals surface area (Å²) in [7, 11) is -4.21. The summed E-state index contributed by atoms with van der Waals surface area (Å²) < 4.78 is 39.6. The maximum absolute atomic E-state index is 13.3. The molecule has 0 saturated heterocycles. The van der Waals surface area contributed by atoms with Crippen LogP contribution in [-0.2, 0) is 10.0 Å². The SMILES string of the molecule is O=C(O)c1cn[nH]c1S(=O)(=O)Nc1ccc(Br)c(F)c1. The van der Waals surface area contributed by atoms with Crippen molar-refractivity contribution in [3.63, 3.8) is 0 Å². The zero-order valence-electron chi connectivity index (χ0n) is 9.59. The Kier molecular flexibility index (Phi) is 3.77. The number of benzene rings is 1. The standard InChI is InChI=1S/C10H7BrFN3O4S/c11-7-2-1-5(3-8(7)12)15-20(18,19)9-6(10(16)17)4-13-14-9/h1-4,15H,(H,13,14)(H,16,17). The molecule has 3 N–H and O–H groups in total. The molecule has 1 aromatic heterocycles. The van der Waals surface area contributed by atoms with Gasteiger partial charge in [-0.15, -0.1) is 0 Å². The van der Waals surface area contributed by atoms with E-state index < -0.39 is 32.4 Å². The van der Waals surface area contributed by atoms with Gasteiger partial charge in [-0.2, -0.15) is 13.5 Å². The summed E-state index contributed by atoms with van der Waals surface area (Å²) in [5, 5.41) is 13.7. The van der Waals surface area contributed by atoms with Crippen molar-refractivity contribution in [2.24, 2.45) is 0 Å². The van der Waals surface area contributed by atoms with Crippen molar-refractivity contribution in [2.45, 2.75) is 5.03 Å². The summed E-state index contributed by atoms with van der Waals surface area (Å²) in [4.78, 5) is 10.9. The van der Waals surface area contributed by atoms with Crippen LogP contribution in [0, 0.1) is 5.82 Å². The lowest BCUT2D eigenvalue weighted by Crippen LogP contribution is -2.16. The molecule has 0 amide bonds. The number of carbonyl (C=O) groups is 1. The van der Waals surface area contributed by atoms with Crippen molar-refractivity contribution in [3.8, 4) is 0 Å². The molecule has 1 aromatic carbocycles.